The number of ether oxygens (including phenoxy) is 1. The number of fused-ring (bicyclic) bond motifs is 1. The highest BCUT2D eigenvalue weighted by molar-refractivity contribution is 6.06. The van der Waals surface area contributed by atoms with Gasteiger partial charge in [0.15, 0.2) is 5.82 Å². The lowest BCUT2D eigenvalue weighted by Crippen LogP contribution is -2.37. The fraction of sp³-hybridized carbons (Fsp3) is 0.269. The Morgan fingerprint density at radius 3 is 2.63 bits per heavy atom. The van der Waals surface area contributed by atoms with E-state index in [-0.39, 0.29) is 5.82 Å². The van der Waals surface area contributed by atoms with Crippen LogP contribution in [0.4, 0.5) is 15.9 Å². The van der Waals surface area contributed by atoms with Crippen molar-refractivity contribution >= 4 is 28.3 Å². The lowest BCUT2D eigenvalue weighted by molar-refractivity contribution is 0.100. The number of aryl methyl sites for hydroxylation is 2. The van der Waals surface area contributed by atoms with Crippen LogP contribution in [0.5, 0.6) is 0 Å². The van der Waals surface area contributed by atoms with Crippen LogP contribution in [0.1, 0.15) is 27.3 Å². The first-order valence-electron chi connectivity index (χ1n) is 11.5. The van der Waals surface area contributed by atoms with E-state index in [9.17, 15) is 9.18 Å². The summed E-state index contributed by atoms with van der Waals surface area (Å²) in [6.07, 6.45) is 0. The third kappa shape index (κ3) is 4.42. The molecule has 3 heterocycles. The van der Waals surface area contributed by atoms with Crippen molar-refractivity contribution in [1.29, 1.82) is 0 Å². The Hall–Kier alpha value is -3.98. The van der Waals surface area contributed by atoms with Gasteiger partial charge in [0, 0.05) is 36.3 Å². The Bertz CT molecular complexity index is 1410. The SMILES string of the molecule is Cc1nc(-n2c(C)cc3c(C(N)=O)cccc32)nc(NCc2cccc(F)c2)c1N1CCOCC1. The molecule has 1 fully saturated rings. The van der Waals surface area contributed by atoms with Crippen LogP contribution in [0.2, 0.25) is 0 Å². The molecule has 3 N–H and O–H groups in total. The summed E-state index contributed by atoms with van der Waals surface area (Å²) < 4.78 is 21.2. The highest BCUT2D eigenvalue weighted by atomic mass is 19.1. The van der Waals surface area contributed by atoms with E-state index in [0.717, 1.165) is 46.6 Å². The van der Waals surface area contributed by atoms with Gasteiger partial charge in [0.1, 0.15) is 11.5 Å². The number of carbonyl (C=O) groups excluding carboxylic acids is 1. The number of carbonyl (C=O) groups is 1. The van der Waals surface area contributed by atoms with E-state index in [0.29, 0.717) is 37.1 Å². The number of hydrogen-bond acceptors (Lipinski definition) is 6. The van der Waals surface area contributed by atoms with E-state index in [4.69, 9.17) is 20.4 Å². The van der Waals surface area contributed by atoms with Crippen LogP contribution in [0, 0.1) is 19.7 Å². The first kappa shape index (κ1) is 22.8. The third-order valence-corrected chi connectivity index (χ3v) is 6.22. The van der Waals surface area contributed by atoms with Gasteiger partial charge in [-0.25, -0.2) is 9.37 Å². The molecule has 180 valence electrons. The summed E-state index contributed by atoms with van der Waals surface area (Å²) in [6.45, 7) is 7.02. The smallest absolute Gasteiger partial charge is 0.249 e. The van der Waals surface area contributed by atoms with Crippen molar-refractivity contribution in [3.05, 3.63) is 76.9 Å². The standard InChI is InChI=1S/C26H27FN6O2/c1-16-13-21-20(24(28)34)7-4-8-22(21)33(16)26-30-17(2)23(32-9-11-35-12-10-32)25(31-26)29-15-18-5-3-6-19(27)14-18/h3-8,13-14H,9-12,15H2,1-2H3,(H2,28,34)(H,29,30,31). The van der Waals surface area contributed by atoms with Gasteiger partial charge in [-0.2, -0.15) is 4.98 Å². The minimum Gasteiger partial charge on any atom is -0.378 e. The Morgan fingerprint density at radius 2 is 1.89 bits per heavy atom. The van der Waals surface area contributed by atoms with E-state index < -0.39 is 5.91 Å². The molecular formula is C26H27FN6O2. The maximum atomic E-state index is 13.7. The van der Waals surface area contributed by atoms with Crippen molar-refractivity contribution in [3.8, 4) is 5.95 Å². The molecule has 4 aromatic rings. The minimum atomic E-state index is -0.482. The summed E-state index contributed by atoms with van der Waals surface area (Å²) in [7, 11) is 0. The number of primary amides is 1. The van der Waals surface area contributed by atoms with Gasteiger partial charge in [0.05, 0.1) is 24.4 Å². The number of nitrogens with zero attached hydrogens (tertiary/aromatic N) is 4. The number of hydrogen-bond donors (Lipinski definition) is 2. The monoisotopic (exact) mass is 474 g/mol. The van der Waals surface area contributed by atoms with Crippen molar-refractivity contribution in [2.75, 3.05) is 36.5 Å². The number of halogens is 1. The Kier molecular flexibility index (Phi) is 6.08. The second kappa shape index (κ2) is 9.34. The molecule has 8 nitrogen and oxygen atoms in total. The second-order valence-electron chi connectivity index (χ2n) is 8.61. The number of nitrogens with two attached hydrogens (primary N) is 1. The highest BCUT2D eigenvalue weighted by Gasteiger charge is 2.22. The maximum Gasteiger partial charge on any atom is 0.249 e. The molecule has 1 saturated heterocycles. The van der Waals surface area contributed by atoms with Gasteiger partial charge in [-0.1, -0.05) is 18.2 Å². The Balaban J connectivity index is 1.62. The molecule has 1 aliphatic heterocycles. The number of benzene rings is 2. The quantitative estimate of drug-likeness (QED) is 0.442. The third-order valence-electron chi connectivity index (χ3n) is 6.22. The van der Waals surface area contributed by atoms with E-state index in [1.54, 1.807) is 18.2 Å². The van der Waals surface area contributed by atoms with Crippen LogP contribution in [0.3, 0.4) is 0 Å². The lowest BCUT2D eigenvalue weighted by atomic mass is 10.1. The lowest BCUT2D eigenvalue weighted by Gasteiger charge is -2.31. The number of aromatic nitrogens is 3. The van der Waals surface area contributed by atoms with E-state index >= 15 is 0 Å². The topological polar surface area (TPSA) is 98.3 Å². The molecular weight excluding hydrogens is 447 g/mol. The minimum absolute atomic E-state index is 0.281. The van der Waals surface area contributed by atoms with E-state index in [1.807, 2.05) is 36.6 Å². The fourth-order valence-corrected chi connectivity index (χ4v) is 4.62. The van der Waals surface area contributed by atoms with Crippen molar-refractivity contribution < 1.29 is 13.9 Å². The van der Waals surface area contributed by atoms with Crippen LogP contribution in [0.25, 0.3) is 16.9 Å². The Labute approximate surface area is 202 Å². The number of amides is 1. The van der Waals surface area contributed by atoms with Crippen LogP contribution < -0.4 is 16.0 Å². The van der Waals surface area contributed by atoms with Crippen LogP contribution in [-0.4, -0.2) is 46.7 Å². The van der Waals surface area contributed by atoms with Gasteiger partial charge < -0.3 is 20.7 Å². The number of anilines is 2. The van der Waals surface area contributed by atoms with Gasteiger partial charge in [0.2, 0.25) is 11.9 Å². The number of nitrogens with one attached hydrogen (secondary N) is 1. The molecule has 0 bridgehead atoms. The first-order valence-corrected chi connectivity index (χ1v) is 11.5. The molecule has 2 aromatic carbocycles. The zero-order valence-corrected chi connectivity index (χ0v) is 19.7. The molecule has 5 rings (SSSR count). The molecule has 0 spiro atoms. The molecule has 2 aromatic heterocycles. The molecule has 0 unspecified atom stereocenters. The molecule has 0 radical (unpaired) electrons. The maximum absolute atomic E-state index is 13.7. The molecule has 1 aliphatic rings. The number of morpholine rings is 1. The largest absolute Gasteiger partial charge is 0.378 e. The average molecular weight is 475 g/mol. The zero-order chi connectivity index (χ0) is 24.5. The summed E-state index contributed by atoms with van der Waals surface area (Å²) in [5.74, 6) is 0.378. The highest BCUT2D eigenvalue weighted by Crippen LogP contribution is 2.32. The van der Waals surface area contributed by atoms with Gasteiger partial charge in [0.25, 0.3) is 0 Å². The van der Waals surface area contributed by atoms with Crippen LogP contribution >= 0.6 is 0 Å². The summed E-state index contributed by atoms with van der Waals surface area (Å²) in [4.78, 5) is 24.0. The second-order valence-corrected chi connectivity index (χ2v) is 8.61. The predicted octanol–water partition coefficient (Wildman–Crippen LogP) is 3.72. The van der Waals surface area contributed by atoms with E-state index in [1.165, 1.54) is 12.1 Å². The summed E-state index contributed by atoms with van der Waals surface area (Å²) in [5, 5.41) is 4.16. The van der Waals surface area contributed by atoms with Crippen molar-refractivity contribution in [2.24, 2.45) is 5.73 Å². The molecule has 0 aliphatic carbocycles. The van der Waals surface area contributed by atoms with Crippen LogP contribution in [0.15, 0.2) is 48.5 Å². The molecule has 9 heteroatoms. The fourth-order valence-electron chi connectivity index (χ4n) is 4.62. The van der Waals surface area contributed by atoms with Crippen molar-refractivity contribution in [2.45, 2.75) is 20.4 Å². The molecule has 35 heavy (non-hydrogen) atoms. The Morgan fingerprint density at radius 1 is 1.11 bits per heavy atom. The van der Waals surface area contributed by atoms with Crippen molar-refractivity contribution in [1.82, 2.24) is 14.5 Å². The van der Waals surface area contributed by atoms with Gasteiger partial charge in [-0.15, -0.1) is 0 Å². The van der Waals surface area contributed by atoms with Gasteiger partial charge >= 0.3 is 0 Å². The number of rotatable bonds is 6. The predicted molar refractivity (Wildman–Crippen MR) is 134 cm³/mol. The summed E-state index contributed by atoms with van der Waals surface area (Å²) >= 11 is 0. The first-order chi connectivity index (χ1) is 16.9. The summed E-state index contributed by atoms with van der Waals surface area (Å²) in [5.41, 5.74) is 10.3. The van der Waals surface area contributed by atoms with Gasteiger partial charge in [-0.05, 0) is 49.7 Å². The average Bonchev–Trinajstić information content (AvgIpc) is 3.18. The zero-order valence-electron chi connectivity index (χ0n) is 19.7. The van der Waals surface area contributed by atoms with Crippen LogP contribution in [-0.2, 0) is 11.3 Å². The summed E-state index contributed by atoms with van der Waals surface area (Å²) in [6, 6.07) is 13.9. The van der Waals surface area contributed by atoms with Crippen molar-refractivity contribution in [3.63, 3.8) is 0 Å². The molecule has 1 amide bonds. The molecule has 0 atom stereocenters. The van der Waals surface area contributed by atoms with E-state index in [2.05, 4.69) is 10.2 Å². The molecule has 0 saturated carbocycles. The normalized spacial score (nSPS) is 13.9. The van der Waals surface area contributed by atoms with Gasteiger partial charge in [-0.3, -0.25) is 9.36 Å².